The molecule has 1 aliphatic heterocycles. The predicted molar refractivity (Wildman–Crippen MR) is 90.0 cm³/mol. The fourth-order valence-electron chi connectivity index (χ4n) is 3.76. The molecule has 1 heterocycles. The van der Waals surface area contributed by atoms with E-state index < -0.39 is 5.91 Å². The third-order valence-corrected chi connectivity index (χ3v) is 5.51. The van der Waals surface area contributed by atoms with Crippen molar-refractivity contribution in [2.45, 2.75) is 25.7 Å². The highest BCUT2D eigenvalue weighted by molar-refractivity contribution is 9.10. The fourth-order valence-corrected chi connectivity index (χ4v) is 4.25. The average Bonchev–Trinajstić information content (AvgIpc) is 3.05. The minimum atomic E-state index is -0.424. The van der Waals surface area contributed by atoms with Crippen LogP contribution in [-0.4, -0.2) is 37.0 Å². The lowest BCUT2D eigenvalue weighted by Crippen LogP contribution is -2.24. The number of likely N-dealkylation sites (tertiary alicyclic amines) is 1. The first kappa shape index (κ1) is 15.8. The minimum Gasteiger partial charge on any atom is -0.492 e. The molecule has 3 rings (SSSR count). The number of primary amides is 1. The number of carbonyl (C=O) groups excluding carboxylic acids is 1. The van der Waals surface area contributed by atoms with Crippen molar-refractivity contribution in [2.24, 2.45) is 17.6 Å². The summed E-state index contributed by atoms with van der Waals surface area (Å²) >= 11 is 3.42. The van der Waals surface area contributed by atoms with Gasteiger partial charge in [-0.25, -0.2) is 0 Å². The van der Waals surface area contributed by atoms with E-state index in [-0.39, 0.29) is 0 Å². The van der Waals surface area contributed by atoms with Gasteiger partial charge in [0.1, 0.15) is 5.75 Å². The van der Waals surface area contributed by atoms with Gasteiger partial charge in [0.2, 0.25) is 5.91 Å². The highest BCUT2D eigenvalue weighted by Gasteiger charge is 2.35. The third kappa shape index (κ3) is 3.63. The smallest absolute Gasteiger partial charge is 0.248 e. The van der Waals surface area contributed by atoms with Crippen LogP contribution in [-0.2, 0) is 0 Å². The molecule has 1 aliphatic carbocycles. The summed E-state index contributed by atoms with van der Waals surface area (Å²) in [4.78, 5) is 13.7. The van der Waals surface area contributed by atoms with Gasteiger partial charge in [0.05, 0.1) is 11.1 Å². The van der Waals surface area contributed by atoms with Gasteiger partial charge in [-0.1, -0.05) is 6.42 Å². The molecule has 1 amide bonds. The van der Waals surface area contributed by atoms with E-state index >= 15 is 0 Å². The van der Waals surface area contributed by atoms with Crippen molar-refractivity contribution >= 4 is 21.8 Å². The lowest BCUT2D eigenvalue weighted by Gasteiger charge is -2.17. The number of hydrogen-bond acceptors (Lipinski definition) is 3. The van der Waals surface area contributed by atoms with Gasteiger partial charge in [0.25, 0.3) is 0 Å². The van der Waals surface area contributed by atoms with Crippen LogP contribution < -0.4 is 10.5 Å². The van der Waals surface area contributed by atoms with Crippen molar-refractivity contribution in [1.82, 2.24) is 4.90 Å². The lowest BCUT2D eigenvalue weighted by molar-refractivity contribution is 0.1000. The van der Waals surface area contributed by atoms with Gasteiger partial charge in [-0.05, 0) is 65.2 Å². The Morgan fingerprint density at radius 2 is 2.05 bits per heavy atom. The monoisotopic (exact) mass is 366 g/mol. The second-order valence-corrected chi connectivity index (χ2v) is 7.28. The van der Waals surface area contributed by atoms with Crippen LogP contribution in [0.15, 0.2) is 22.7 Å². The molecule has 120 valence electrons. The first-order chi connectivity index (χ1) is 10.6. The van der Waals surface area contributed by atoms with Crippen molar-refractivity contribution in [3.05, 3.63) is 28.2 Å². The van der Waals surface area contributed by atoms with Crippen molar-refractivity contribution in [1.29, 1.82) is 0 Å². The van der Waals surface area contributed by atoms with Gasteiger partial charge in [0, 0.05) is 25.2 Å². The molecule has 1 aromatic rings. The van der Waals surface area contributed by atoms with E-state index in [1.807, 2.05) is 0 Å². The Kier molecular flexibility index (Phi) is 5.03. The van der Waals surface area contributed by atoms with E-state index in [0.29, 0.717) is 12.2 Å². The van der Waals surface area contributed by atoms with Crippen molar-refractivity contribution < 1.29 is 9.53 Å². The highest BCUT2D eigenvalue weighted by Crippen LogP contribution is 2.37. The number of halogens is 1. The fraction of sp³-hybridized carbons (Fsp3) is 0.588. The van der Waals surface area contributed by atoms with Crippen molar-refractivity contribution in [2.75, 3.05) is 26.2 Å². The number of nitrogens with zero attached hydrogens (tertiary/aromatic N) is 1. The molecule has 2 atom stereocenters. The number of fused-ring (bicyclic) bond motifs is 1. The van der Waals surface area contributed by atoms with Gasteiger partial charge < -0.3 is 15.4 Å². The minimum absolute atomic E-state index is 0.424. The van der Waals surface area contributed by atoms with Crippen LogP contribution in [0, 0.1) is 11.8 Å². The Balaban J connectivity index is 1.41. The standard InChI is InChI=1S/C17H23BrN2O2/c18-15-9-12(17(19)21)5-6-16(15)22-8-2-7-20-10-13-3-1-4-14(13)11-20/h5-6,9,13-14H,1-4,7-8,10-11H2,(H2,19,21). The summed E-state index contributed by atoms with van der Waals surface area (Å²) in [5.74, 6) is 2.25. The summed E-state index contributed by atoms with van der Waals surface area (Å²) in [6, 6.07) is 5.20. The van der Waals surface area contributed by atoms with Crippen LogP contribution in [0.4, 0.5) is 0 Å². The molecule has 2 N–H and O–H groups in total. The zero-order valence-electron chi connectivity index (χ0n) is 12.8. The number of rotatable bonds is 6. The van der Waals surface area contributed by atoms with E-state index in [9.17, 15) is 4.79 Å². The lowest BCUT2D eigenvalue weighted by atomic mass is 10.0. The molecule has 22 heavy (non-hydrogen) atoms. The van der Waals surface area contributed by atoms with Crippen LogP contribution in [0.1, 0.15) is 36.0 Å². The Hall–Kier alpha value is -1.07. The number of nitrogens with two attached hydrogens (primary N) is 1. The van der Waals surface area contributed by atoms with Crippen LogP contribution >= 0.6 is 15.9 Å². The maximum atomic E-state index is 11.1. The molecular weight excluding hydrogens is 344 g/mol. The molecule has 1 aromatic carbocycles. The van der Waals surface area contributed by atoms with Gasteiger partial charge >= 0.3 is 0 Å². The first-order valence-electron chi connectivity index (χ1n) is 8.08. The number of benzene rings is 1. The summed E-state index contributed by atoms with van der Waals surface area (Å²) in [7, 11) is 0. The zero-order valence-corrected chi connectivity index (χ0v) is 14.3. The van der Waals surface area contributed by atoms with Crippen molar-refractivity contribution in [3.63, 3.8) is 0 Å². The Morgan fingerprint density at radius 3 is 2.68 bits per heavy atom. The largest absolute Gasteiger partial charge is 0.492 e. The van der Waals surface area contributed by atoms with Gasteiger partial charge in [-0.2, -0.15) is 0 Å². The summed E-state index contributed by atoms with van der Waals surface area (Å²) in [5, 5.41) is 0. The molecule has 0 radical (unpaired) electrons. The van der Waals surface area contributed by atoms with E-state index in [1.54, 1.807) is 18.2 Å². The van der Waals surface area contributed by atoms with Crippen LogP contribution in [0.5, 0.6) is 5.75 Å². The van der Waals surface area contributed by atoms with Gasteiger partial charge in [-0.15, -0.1) is 0 Å². The molecule has 1 saturated carbocycles. The normalized spacial score (nSPS) is 24.4. The van der Waals surface area contributed by atoms with E-state index in [1.165, 1.54) is 32.4 Å². The molecule has 2 fully saturated rings. The summed E-state index contributed by atoms with van der Waals surface area (Å²) in [6.45, 7) is 4.37. The summed E-state index contributed by atoms with van der Waals surface area (Å²) in [6.07, 6.45) is 5.32. The van der Waals surface area contributed by atoms with Crippen molar-refractivity contribution in [3.8, 4) is 5.75 Å². The van der Waals surface area contributed by atoms with E-state index in [0.717, 1.165) is 35.0 Å². The quantitative estimate of drug-likeness (QED) is 0.787. The number of carbonyl (C=O) groups is 1. The van der Waals surface area contributed by atoms with E-state index in [2.05, 4.69) is 20.8 Å². The third-order valence-electron chi connectivity index (χ3n) is 4.89. The second-order valence-electron chi connectivity index (χ2n) is 6.42. The maximum Gasteiger partial charge on any atom is 0.248 e. The van der Waals surface area contributed by atoms with Gasteiger partial charge in [0.15, 0.2) is 0 Å². The molecule has 4 nitrogen and oxygen atoms in total. The molecule has 2 unspecified atom stereocenters. The van der Waals surface area contributed by atoms with Gasteiger partial charge in [-0.3, -0.25) is 4.79 Å². The molecule has 0 spiro atoms. The highest BCUT2D eigenvalue weighted by atomic mass is 79.9. The number of hydrogen-bond donors (Lipinski definition) is 1. The molecule has 2 aliphatic rings. The van der Waals surface area contributed by atoms with E-state index in [4.69, 9.17) is 10.5 Å². The Bertz CT molecular complexity index is 537. The second kappa shape index (κ2) is 7.01. The van der Waals surface area contributed by atoms with Crippen LogP contribution in [0.3, 0.4) is 0 Å². The average molecular weight is 367 g/mol. The topological polar surface area (TPSA) is 55.6 Å². The predicted octanol–water partition coefficient (Wildman–Crippen LogP) is 3.05. The molecule has 1 saturated heterocycles. The molecular formula is C17H23BrN2O2. The number of amides is 1. The Labute approximate surface area is 140 Å². The SMILES string of the molecule is NC(=O)c1ccc(OCCCN2CC3CCCC3C2)c(Br)c1. The zero-order chi connectivity index (χ0) is 15.5. The van der Waals surface area contributed by atoms with Crippen LogP contribution in [0.2, 0.25) is 0 Å². The molecule has 0 aromatic heterocycles. The summed E-state index contributed by atoms with van der Waals surface area (Å²) < 4.78 is 6.58. The Morgan fingerprint density at radius 1 is 1.32 bits per heavy atom. The number of ether oxygens (including phenoxy) is 1. The molecule has 0 bridgehead atoms. The van der Waals surface area contributed by atoms with Crippen LogP contribution in [0.25, 0.3) is 0 Å². The maximum absolute atomic E-state index is 11.1. The molecule has 5 heteroatoms. The first-order valence-corrected chi connectivity index (χ1v) is 8.87. The summed E-state index contributed by atoms with van der Waals surface area (Å²) in [5.41, 5.74) is 5.75.